The van der Waals surface area contributed by atoms with Crippen LogP contribution in [0.15, 0.2) is 6.07 Å². The van der Waals surface area contributed by atoms with Crippen LogP contribution in [0, 0.1) is 10.1 Å². The number of aliphatic hydroxyl groups excluding tert-OH is 1. The maximum absolute atomic E-state index is 11.2. The summed E-state index contributed by atoms with van der Waals surface area (Å²) in [5.74, 6) is 0. The van der Waals surface area contributed by atoms with Crippen molar-refractivity contribution in [1.29, 1.82) is 0 Å². The number of piperazine rings is 1. The Bertz CT molecular complexity index is 496. The predicted octanol–water partition coefficient (Wildman–Crippen LogP) is 2.63. The minimum Gasteiger partial charge on any atom is -0.388 e. The summed E-state index contributed by atoms with van der Waals surface area (Å²) in [6.07, 6.45) is 0.453. The SMILES string of the molecule is CCC(C)N1CCN(c2sc([C@@H](C)O)cc2[N+](=O)[O-])CC1. The number of nitro groups is 1. The Kier molecular flexibility index (Phi) is 5.18. The van der Waals surface area contributed by atoms with Gasteiger partial charge in [-0.05, 0) is 20.3 Å². The quantitative estimate of drug-likeness (QED) is 0.668. The molecule has 1 fully saturated rings. The number of thiophene rings is 1. The highest BCUT2D eigenvalue weighted by atomic mass is 32.1. The van der Waals surface area contributed by atoms with E-state index in [2.05, 4.69) is 23.6 Å². The van der Waals surface area contributed by atoms with E-state index in [-0.39, 0.29) is 10.6 Å². The van der Waals surface area contributed by atoms with Crippen molar-refractivity contribution in [1.82, 2.24) is 4.90 Å². The molecule has 0 radical (unpaired) electrons. The summed E-state index contributed by atoms with van der Waals surface area (Å²) >= 11 is 1.33. The number of rotatable bonds is 5. The van der Waals surface area contributed by atoms with Crippen LogP contribution >= 0.6 is 11.3 Å². The number of nitrogens with zero attached hydrogens (tertiary/aromatic N) is 3. The maximum Gasteiger partial charge on any atom is 0.304 e. The molecule has 118 valence electrons. The summed E-state index contributed by atoms with van der Waals surface area (Å²) in [5, 5.41) is 21.5. The normalized spacial score (nSPS) is 19.5. The zero-order chi connectivity index (χ0) is 15.6. The summed E-state index contributed by atoms with van der Waals surface area (Å²) in [6.45, 7) is 9.48. The van der Waals surface area contributed by atoms with Crippen LogP contribution in [0.1, 0.15) is 38.2 Å². The second kappa shape index (κ2) is 6.72. The van der Waals surface area contributed by atoms with Crippen LogP contribution in [0.5, 0.6) is 0 Å². The highest BCUT2D eigenvalue weighted by molar-refractivity contribution is 7.16. The fourth-order valence-corrected chi connectivity index (χ4v) is 3.69. The summed E-state index contributed by atoms with van der Waals surface area (Å²) < 4.78 is 0. The molecular formula is C14H23N3O3S. The van der Waals surface area contributed by atoms with Crippen molar-refractivity contribution < 1.29 is 10.0 Å². The Hall–Kier alpha value is -1.18. The highest BCUT2D eigenvalue weighted by Crippen LogP contribution is 2.40. The maximum atomic E-state index is 11.2. The lowest BCUT2D eigenvalue weighted by atomic mass is 10.2. The van der Waals surface area contributed by atoms with Crippen LogP contribution in [-0.2, 0) is 0 Å². The van der Waals surface area contributed by atoms with Crippen molar-refractivity contribution in [2.24, 2.45) is 0 Å². The first-order valence-electron chi connectivity index (χ1n) is 7.39. The third-order valence-corrected chi connectivity index (χ3v) is 5.49. The van der Waals surface area contributed by atoms with Gasteiger partial charge in [0.1, 0.15) is 0 Å². The zero-order valence-electron chi connectivity index (χ0n) is 12.8. The molecule has 7 heteroatoms. The molecule has 1 aromatic rings. The lowest BCUT2D eigenvalue weighted by Gasteiger charge is -2.38. The summed E-state index contributed by atoms with van der Waals surface area (Å²) in [4.78, 5) is 16.0. The van der Waals surface area contributed by atoms with Crippen molar-refractivity contribution in [3.05, 3.63) is 21.1 Å². The van der Waals surface area contributed by atoms with Crippen LogP contribution in [0.25, 0.3) is 0 Å². The lowest BCUT2D eigenvalue weighted by molar-refractivity contribution is -0.383. The van der Waals surface area contributed by atoms with E-state index in [1.54, 1.807) is 6.92 Å². The highest BCUT2D eigenvalue weighted by Gasteiger charge is 2.28. The van der Waals surface area contributed by atoms with Crippen molar-refractivity contribution in [3.8, 4) is 0 Å². The molecule has 1 saturated heterocycles. The second-order valence-electron chi connectivity index (χ2n) is 5.55. The zero-order valence-corrected chi connectivity index (χ0v) is 13.6. The molecular weight excluding hydrogens is 290 g/mol. The van der Waals surface area contributed by atoms with Crippen molar-refractivity contribution >= 4 is 22.0 Å². The topological polar surface area (TPSA) is 69.8 Å². The minimum atomic E-state index is -0.663. The van der Waals surface area contributed by atoms with E-state index in [9.17, 15) is 15.2 Å². The molecule has 2 heterocycles. The van der Waals surface area contributed by atoms with Gasteiger partial charge in [0.2, 0.25) is 0 Å². The minimum absolute atomic E-state index is 0.118. The Morgan fingerprint density at radius 1 is 1.38 bits per heavy atom. The van der Waals surface area contributed by atoms with Crippen LogP contribution in [0.4, 0.5) is 10.7 Å². The van der Waals surface area contributed by atoms with Crippen molar-refractivity contribution in [2.75, 3.05) is 31.1 Å². The fourth-order valence-electron chi connectivity index (χ4n) is 2.58. The standard InChI is InChI=1S/C14H23N3O3S/c1-4-10(2)15-5-7-16(8-6-15)14-12(17(19)20)9-13(21-14)11(3)18/h9-11,18H,4-8H2,1-3H3/t10?,11-/m1/s1. The molecule has 0 bridgehead atoms. The number of aliphatic hydroxyl groups is 1. The van der Waals surface area contributed by atoms with Gasteiger partial charge in [0.05, 0.1) is 11.0 Å². The van der Waals surface area contributed by atoms with Crippen LogP contribution in [-0.4, -0.2) is 47.2 Å². The van der Waals surface area contributed by atoms with Gasteiger partial charge in [0, 0.05) is 43.2 Å². The average Bonchev–Trinajstić information content (AvgIpc) is 2.92. The van der Waals surface area contributed by atoms with E-state index in [4.69, 9.17) is 0 Å². The first-order valence-corrected chi connectivity index (χ1v) is 8.20. The molecule has 1 aliphatic rings. The Morgan fingerprint density at radius 3 is 2.48 bits per heavy atom. The van der Waals surface area contributed by atoms with Crippen LogP contribution < -0.4 is 4.90 Å². The molecule has 1 aliphatic heterocycles. The van der Waals surface area contributed by atoms with Gasteiger partial charge in [-0.15, -0.1) is 11.3 Å². The summed E-state index contributed by atoms with van der Waals surface area (Å²) in [5.41, 5.74) is 0.118. The molecule has 2 atom stereocenters. The Labute approximate surface area is 129 Å². The number of hydrogen-bond donors (Lipinski definition) is 1. The molecule has 0 aromatic carbocycles. The van der Waals surface area contributed by atoms with Gasteiger partial charge in [0.25, 0.3) is 0 Å². The van der Waals surface area contributed by atoms with E-state index in [0.29, 0.717) is 15.9 Å². The van der Waals surface area contributed by atoms with E-state index >= 15 is 0 Å². The first kappa shape index (κ1) is 16.2. The van der Waals surface area contributed by atoms with Gasteiger partial charge in [-0.25, -0.2) is 0 Å². The molecule has 0 aliphatic carbocycles. The number of hydrogen-bond acceptors (Lipinski definition) is 6. The summed E-state index contributed by atoms with van der Waals surface area (Å²) in [7, 11) is 0. The Morgan fingerprint density at radius 2 is 2.00 bits per heavy atom. The Balaban J connectivity index is 2.14. The van der Waals surface area contributed by atoms with E-state index in [0.717, 1.165) is 32.6 Å². The smallest absolute Gasteiger partial charge is 0.304 e. The van der Waals surface area contributed by atoms with E-state index in [1.807, 2.05) is 0 Å². The van der Waals surface area contributed by atoms with Gasteiger partial charge in [-0.2, -0.15) is 0 Å². The van der Waals surface area contributed by atoms with Gasteiger partial charge in [-0.1, -0.05) is 6.92 Å². The third-order valence-electron chi connectivity index (χ3n) is 4.14. The molecule has 0 amide bonds. The van der Waals surface area contributed by atoms with Crippen molar-refractivity contribution in [3.63, 3.8) is 0 Å². The lowest BCUT2D eigenvalue weighted by Crippen LogP contribution is -2.49. The van der Waals surface area contributed by atoms with Gasteiger partial charge in [-0.3, -0.25) is 15.0 Å². The van der Waals surface area contributed by atoms with Gasteiger partial charge in [0.15, 0.2) is 5.00 Å². The molecule has 1 N–H and O–H groups in total. The molecule has 0 spiro atoms. The molecule has 2 rings (SSSR count). The third kappa shape index (κ3) is 3.53. The molecule has 21 heavy (non-hydrogen) atoms. The van der Waals surface area contributed by atoms with Gasteiger partial charge < -0.3 is 10.0 Å². The molecule has 0 saturated carbocycles. The molecule has 1 unspecified atom stereocenters. The fraction of sp³-hybridized carbons (Fsp3) is 0.714. The predicted molar refractivity (Wildman–Crippen MR) is 85.1 cm³/mol. The van der Waals surface area contributed by atoms with Gasteiger partial charge >= 0.3 is 5.69 Å². The molecule has 6 nitrogen and oxygen atoms in total. The van der Waals surface area contributed by atoms with Crippen molar-refractivity contribution in [2.45, 2.75) is 39.3 Å². The largest absolute Gasteiger partial charge is 0.388 e. The summed E-state index contributed by atoms with van der Waals surface area (Å²) in [6, 6.07) is 2.06. The number of anilines is 1. The first-order chi connectivity index (χ1) is 9.93. The van der Waals surface area contributed by atoms with E-state index in [1.165, 1.54) is 17.4 Å². The second-order valence-corrected chi connectivity index (χ2v) is 6.61. The van der Waals surface area contributed by atoms with E-state index < -0.39 is 6.10 Å². The van der Waals surface area contributed by atoms with Crippen LogP contribution in [0.2, 0.25) is 0 Å². The molecule has 1 aromatic heterocycles. The average molecular weight is 313 g/mol. The van der Waals surface area contributed by atoms with Crippen LogP contribution in [0.3, 0.4) is 0 Å². The monoisotopic (exact) mass is 313 g/mol.